The topological polar surface area (TPSA) is 29.9 Å². The Bertz CT molecular complexity index is 376. The monoisotopic (exact) mass is 219 g/mol. The van der Waals surface area contributed by atoms with E-state index in [0.717, 1.165) is 24.9 Å². The molecule has 88 valence electrons. The lowest BCUT2D eigenvalue weighted by atomic mass is 9.86. The Labute approximate surface area is 97.3 Å². The van der Waals surface area contributed by atoms with Gasteiger partial charge in [-0.1, -0.05) is 13.8 Å². The molecule has 3 nitrogen and oxygen atoms in total. The molecule has 1 aromatic rings. The van der Waals surface area contributed by atoms with Gasteiger partial charge in [0, 0.05) is 30.4 Å². The lowest BCUT2D eigenvalue weighted by molar-refractivity contribution is 0.457. The van der Waals surface area contributed by atoms with Gasteiger partial charge in [0.25, 0.3) is 0 Å². The van der Waals surface area contributed by atoms with Gasteiger partial charge in [-0.05, 0) is 31.2 Å². The second-order valence-electron chi connectivity index (χ2n) is 5.89. The Morgan fingerprint density at radius 1 is 1.62 bits per heavy atom. The van der Waals surface area contributed by atoms with Gasteiger partial charge >= 0.3 is 0 Å². The van der Waals surface area contributed by atoms with Crippen molar-refractivity contribution >= 4 is 0 Å². The molecule has 3 rings (SSSR count). The van der Waals surface area contributed by atoms with Gasteiger partial charge < -0.3 is 9.88 Å². The van der Waals surface area contributed by atoms with E-state index in [1.54, 1.807) is 0 Å². The highest BCUT2D eigenvalue weighted by atomic mass is 15.1. The number of rotatable bonds is 3. The van der Waals surface area contributed by atoms with Crippen molar-refractivity contribution in [1.82, 2.24) is 14.9 Å². The number of nitrogens with zero attached hydrogens (tertiary/aromatic N) is 2. The fraction of sp³-hybridized carbons (Fsp3) is 0.769. The van der Waals surface area contributed by atoms with E-state index < -0.39 is 0 Å². The minimum Gasteiger partial charge on any atom is -0.334 e. The Kier molecular flexibility index (Phi) is 2.32. The van der Waals surface area contributed by atoms with Gasteiger partial charge in [0.2, 0.25) is 0 Å². The van der Waals surface area contributed by atoms with Crippen LogP contribution in [0.1, 0.15) is 32.4 Å². The molecule has 1 saturated carbocycles. The maximum Gasteiger partial charge on any atom is 0.0948 e. The minimum atomic E-state index is 0.300. The summed E-state index contributed by atoms with van der Waals surface area (Å²) in [6.07, 6.45) is 6.72. The van der Waals surface area contributed by atoms with Crippen LogP contribution in [0.2, 0.25) is 0 Å². The molecule has 16 heavy (non-hydrogen) atoms. The summed E-state index contributed by atoms with van der Waals surface area (Å²) in [5.41, 5.74) is 1.73. The first-order valence-electron chi connectivity index (χ1n) is 6.40. The fourth-order valence-corrected chi connectivity index (χ4v) is 2.91. The van der Waals surface area contributed by atoms with Gasteiger partial charge in [0.05, 0.1) is 6.33 Å². The van der Waals surface area contributed by atoms with Crippen LogP contribution in [0.15, 0.2) is 12.5 Å². The van der Waals surface area contributed by atoms with Crippen molar-refractivity contribution in [3.8, 4) is 0 Å². The molecular weight excluding hydrogens is 198 g/mol. The molecule has 1 aliphatic heterocycles. The lowest BCUT2D eigenvalue weighted by Crippen LogP contribution is -2.28. The number of nitrogens with one attached hydrogen (secondary N) is 1. The maximum atomic E-state index is 4.35. The quantitative estimate of drug-likeness (QED) is 0.840. The zero-order chi connectivity index (χ0) is 11.2. The van der Waals surface area contributed by atoms with Crippen molar-refractivity contribution < 1.29 is 0 Å². The van der Waals surface area contributed by atoms with Crippen LogP contribution in [0.25, 0.3) is 0 Å². The van der Waals surface area contributed by atoms with E-state index in [4.69, 9.17) is 0 Å². The average Bonchev–Trinajstić information content (AvgIpc) is 2.73. The second-order valence-corrected chi connectivity index (χ2v) is 5.89. The van der Waals surface area contributed by atoms with Gasteiger partial charge in [-0.25, -0.2) is 4.98 Å². The number of hydrogen-bond donors (Lipinski definition) is 1. The van der Waals surface area contributed by atoms with Crippen LogP contribution < -0.4 is 5.32 Å². The van der Waals surface area contributed by atoms with Gasteiger partial charge in [-0.2, -0.15) is 0 Å². The van der Waals surface area contributed by atoms with Crippen LogP contribution in [0.4, 0.5) is 0 Å². The highest BCUT2D eigenvalue weighted by molar-refractivity contribution is 5.17. The third-order valence-corrected chi connectivity index (χ3v) is 4.41. The number of imidazole rings is 1. The summed E-state index contributed by atoms with van der Waals surface area (Å²) in [7, 11) is 0. The van der Waals surface area contributed by atoms with E-state index in [1.165, 1.54) is 25.1 Å². The molecule has 0 aromatic carbocycles. The van der Waals surface area contributed by atoms with Crippen LogP contribution in [-0.4, -0.2) is 22.6 Å². The minimum absolute atomic E-state index is 0.300. The molecule has 3 heteroatoms. The van der Waals surface area contributed by atoms with Crippen molar-refractivity contribution in [3.05, 3.63) is 18.2 Å². The fourth-order valence-electron chi connectivity index (χ4n) is 2.91. The molecule has 3 unspecified atom stereocenters. The van der Waals surface area contributed by atoms with Crippen molar-refractivity contribution in [3.63, 3.8) is 0 Å². The van der Waals surface area contributed by atoms with E-state index >= 15 is 0 Å². The average molecular weight is 219 g/mol. The van der Waals surface area contributed by atoms with Gasteiger partial charge in [0.15, 0.2) is 0 Å². The lowest BCUT2D eigenvalue weighted by Gasteiger charge is -2.24. The normalized spacial score (nSPS) is 37.9. The molecule has 0 spiro atoms. The molecule has 2 fully saturated rings. The summed E-state index contributed by atoms with van der Waals surface area (Å²) in [5, 5.41) is 3.46. The molecule has 1 aliphatic carbocycles. The van der Waals surface area contributed by atoms with Gasteiger partial charge in [-0.15, -0.1) is 0 Å². The zero-order valence-corrected chi connectivity index (χ0v) is 10.2. The Hall–Kier alpha value is -0.830. The molecule has 2 aliphatic rings. The van der Waals surface area contributed by atoms with Gasteiger partial charge in [0.1, 0.15) is 0 Å². The SMILES string of the molecule is CC1CC1Cn1cncc1C1(C)CCNC1. The number of hydrogen-bond acceptors (Lipinski definition) is 2. The largest absolute Gasteiger partial charge is 0.334 e. The van der Waals surface area contributed by atoms with E-state index in [1.807, 2.05) is 6.33 Å². The van der Waals surface area contributed by atoms with Crippen LogP contribution in [0.3, 0.4) is 0 Å². The summed E-state index contributed by atoms with van der Waals surface area (Å²) in [6.45, 7) is 8.11. The molecule has 0 bridgehead atoms. The molecule has 0 amide bonds. The maximum absolute atomic E-state index is 4.35. The smallest absolute Gasteiger partial charge is 0.0948 e. The summed E-state index contributed by atoms with van der Waals surface area (Å²) in [4.78, 5) is 4.35. The van der Waals surface area contributed by atoms with Crippen molar-refractivity contribution in [1.29, 1.82) is 0 Å². The van der Waals surface area contributed by atoms with Crippen LogP contribution >= 0.6 is 0 Å². The Morgan fingerprint density at radius 2 is 2.44 bits per heavy atom. The second kappa shape index (κ2) is 3.59. The molecule has 1 saturated heterocycles. The van der Waals surface area contributed by atoms with E-state index in [0.29, 0.717) is 5.41 Å². The first kappa shape index (κ1) is 10.3. The van der Waals surface area contributed by atoms with Crippen molar-refractivity contribution in [2.45, 2.75) is 38.6 Å². The standard InChI is InChI=1S/C13H21N3/c1-10-5-11(10)7-16-9-15-6-12(16)13(2)3-4-14-8-13/h6,9-11,14H,3-5,7-8H2,1-2H3. The summed E-state index contributed by atoms with van der Waals surface area (Å²) < 4.78 is 2.39. The third kappa shape index (κ3) is 1.67. The molecule has 1 N–H and O–H groups in total. The highest BCUT2D eigenvalue weighted by Gasteiger charge is 2.36. The third-order valence-electron chi connectivity index (χ3n) is 4.41. The van der Waals surface area contributed by atoms with Crippen molar-refractivity contribution in [2.24, 2.45) is 11.8 Å². The molecule has 0 radical (unpaired) electrons. The van der Waals surface area contributed by atoms with Gasteiger partial charge in [-0.3, -0.25) is 0 Å². The first-order chi connectivity index (χ1) is 7.69. The highest BCUT2D eigenvalue weighted by Crippen LogP contribution is 2.40. The first-order valence-corrected chi connectivity index (χ1v) is 6.40. The van der Waals surface area contributed by atoms with Crippen LogP contribution in [0.5, 0.6) is 0 Å². The summed E-state index contributed by atoms with van der Waals surface area (Å²) >= 11 is 0. The zero-order valence-electron chi connectivity index (χ0n) is 10.2. The summed E-state index contributed by atoms with van der Waals surface area (Å²) in [6, 6.07) is 0. The van der Waals surface area contributed by atoms with E-state index in [-0.39, 0.29) is 0 Å². The van der Waals surface area contributed by atoms with E-state index in [9.17, 15) is 0 Å². The van der Waals surface area contributed by atoms with E-state index in [2.05, 4.69) is 34.9 Å². The van der Waals surface area contributed by atoms with Crippen molar-refractivity contribution in [2.75, 3.05) is 13.1 Å². The molecule has 3 atom stereocenters. The van der Waals surface area contributed by atoms with Crippen LogP contribution in [-0.2, 0) is 12.0 Å². The van der Waals surface area contributed by atoms with Crippen LogP contribution in [0, 0.1) is 11.8 Å². The Morgan fingerprint density at radius 3 is 3.06 bits per heavy atom. The summed E-state index contributed by atoms with van der Waals surface area (Å²) in [5.74, 6) is 1.82. The Balaban J connectivity index is 1.81. The number of aromatic nitrogens is 2. The molecule has 1 aromatic heterocycles. The predicted octanol–water partition coefficient (Wildman–Crippen LogP) is 1.79. The predicted molar refractivity (Wildman–Crippen MR) is 64.3 cm³/mol. The molecular formula is C13H21N3. The molecule has 2 heterocycles.